The summed E-state index contributed by atoms with van der Waals surface area (Å²) in [5.41, 5.74) is 6.67. The zero-order valence-electron chi connectivity index (χ0n) is 10.0. The Hall–Kier alpha value is -1.31. The Balaban J connectivity index is 2.92. The van der Waals surface area contributed by atoms with Crippen molar-refractivity contribution >= 4 is 15.8 Å². The Morgan fingerprint density at radius 2 is 2.33 bits per heavy atom. The van der Waals surface area contributed by atoms with Crippen molar-refractivity contribution < 1.29 is 18.3 Å². The molecule has 0 aromatic carbocycles. The molecule has 2 atom stereocenters. The lowest BCUT2D eigenvalue weighted by atomic mass is 9.97. The molecule has 0 aromatic heterocycles. The number of nitrogens with one attached hydrogen (secondary N) is 1. The average molecular weight is 276 g/mol. The SMILES string of the molecule is CS(=O)(=O)C1CCCC1(NCCN=[N+]=[N-])C(=O)O. The molecule has 0 spiro atoms. The average Bonchev–Trinajstić information content (AvgIpc) is 2.69. The second-order valence-corrected chi connectivity index (χ2v) is 6.60. The first kappa shape index (κ1) is 14.7. The van der Waals surface area contributed by atoms with Crippen LogP contribution in [0.15, 0.2) is 5.11 Å². The third-order valence-corrected chi connectivity index (χ3v) is 4.87. The summed E-state index contributed by atoms with van der Waals surface area (Å²) in [4.78, 5) is 14.0. The minimum atomic E-state index is -3.44. The highest BCUT2D eigenvalue weighted by molar-refractivity contribution is 7.91. The first-order chi connectivity index (χ1) is 8.34. The summed E-state index contributed by atoms with van der Waals surface area (Å²) in [5, 5.41) is 14.4. The van der Waals surface area contributed by atoms with E-state index in [4.69, 9.17) is 5.53 Å². The van der Waals surface area contributed by atoms with E-state index in [1.165, 1.54) is 0 Å². The van der Waals surface area contributed by atoms with Gasteiger partial charge in [-0.1, -0.05) is 5.11 Å². The summed E-state index contributed by atoms with van der Waals surface area (Å²) < 4.78 is 23.3. The van der Waals surface area contributed by atoms with Gasteiger partial charge in [-0.05, 0) is 24.8 Å². The standard InChI is InChI=1S/C9H16N4O4S/c1-18(16,17)7-3-2-4-9(7,8(14)15)11-5-6-12-13-10/h7,11H,2-6H2,1H3,(H,14,15). The Bertz CT molecular complexity index is 471. The molecule has 0 amide bonds. The number of carboxylic acids is 1. The van der Waals surface area contributed by atoms with Crippen LogP contribution >= 0.6 is 0 Å². The highest BCUT2D eigenvalue weighted by Gasteiger charge is 2.53. The number of carboxylic acid groups (broad SMARTS) is 1. The Labute approximate surface area is 105 Å². The van der Waals surface area contributed by atoms with E-state index >= 15 is 0 Å². The van der Waals surface area contributed by atoms with Crippen molar-refractivity contribution in [2.75, 3.05) is 19.3 Å². The van der Waals surface area contributed by atoms with E-state index in [1.807, 2.05) is 0 Å². The third kappa shape index (κ3) is 2.92. The molecule has 2 unspecified atom stereocenters. The van der Waals surface area contributed by atoms with Crippen LogP contribution in [-0.2, 0) is 14.6 Å². The second-order valence-electron chi connectivity index (χ2n) is 4.37. The Morgan fingerprint density at radius 1 is 1.67 bits per heavy atom. The maximum absolute atomic E-state index is 11.7. The topological polar surface area (TPSA) is 132 Å². The fourth-order valence-electron chi connectivity index (χ4n) is 2.45. The maximum Gasteiger partial charge on any atom is 0.325 e. The summed E-state index contributed by atoms with van der Waals surface area (Å²) in [6, 6.07) is 0. The van der Waals surface area contributed by atoms with Gasteiger partial charge < -0.3 is 10.4 Å². The molecule has 0 aromatic rings. The number of hydrogen-bond donors (Lipinski definition) is 2. The monoisotopic (exact) mass is 276 g/mol. The van der Waals surface area contributed by atoms with Crippen LogP contribution in [0.5, 0.6) is 0 Å². The van der Waals surface area contributed by atoms with Crippen LogP contribution in [0.25, 0.3) is 10.4 Å². The van der Waals surface area contributed by atoms with Crippen molar-refractivity contribution in [3.8, 4) is 0 Å². The van der Waals surface area contributed by atoms with Gasteiger partial charge in [-0.15, -0.1) is 0 Å². The summed E-state index contributed by atoms with van der Waals surface area (Å²) >= 11 is 0. The number of aliphatic carboxylic acids is 1. The smallest absolute Gasteiger partial charge is 0.325 e. The van der Waals surface area contributed by atoms with Crippen molar-refractivity contribution in [3.63, 3.8) is 0 Å². The predicted molar refractivity (Wildman–Crippen MR) is 64.9 cm³/mol. The largest absolute Gasteiger partial charge is 0.480 e. The van der Waals surface area contributed by atoms with E-state index in [-0.39, 0.29) is 19.5 Å². The first-order valence-corrected chi connectivity index (χ1v) is 7.48. The van der Waals surface area contributed by atoms with Crippen molar-refractivity contribution in [2.45, 2.75) is 30.1 Å². The van der Waals surface area contributed by atoms with Crippen LogP contribution in [0.3, 0.4) is 0 Å². The van der Waals surface area contributed by atoms with E-state index < -0.39 is 26.6 Å². The van der Waals surface area contributed by atoms with E-state index in [0.717, 1.165) is 6.26 Å². The van der Waals surface area contributed by atoms with E-state index in [2.05, 4.69) is 15.3 Å². The van der Waals surface area contributed by atoms with Gasteiger partial charge in [0.15, 0.2) is 9.84 Å². The molecular formula is C9H16N4O4S. The van der Waals surface area contributed by atoms with Gasteiger partial charge >= 0.3 is 5.97 Å². The lowest BCUT2D eigenvalue weighted by Gasteiger charge is -2.31. The van der Waals surface area contributed by atoms with Gasteiger partial charge in [-0.25, -0.2) is 8.42 Å². The van der Waals surface area contributed by atoms with Crippen LogP contribution in [-0.4, -0.2) is 49.6 Å². The molecule has 0 heterocycles. The van der Waals surface area contributed by atoms with Crippen LogP contribution in [0.2, 0.25) is 0 Å². The lowest BCUT2D eigenvalue weighted by molar-refractivity contribution is -0.144. The van der Waals surface area contributed by atoms with Gasteiger partial charge in [0.05, 0.1) is 5.25 Å². The zero-order valence-corrected chi connectivity index (χ0v) is 10.9. The van der Waals surface area contributed by atoms with Gasteiger partial charge in [0.25, 0.3) is 0 Å². The van der Waals surface area contributed by atoms with Gasteiger partial charge in [-0.2, -0.15) is 0 Å². The van der Waals surface area contributed by atoms with Crippen molar-refractivity contribution in [1.29, 1.82) is 0 Å². The summed E-state index contributed by atoms with van der Waals surface area (Å²) in [6.45, 7) is 0.227. The molecular weight excluding hydrogens is 260 g/mol. The highest BCUT2D eigenvalue weighted by Crippen LogP contribution is 2.35. The quantitative estimate of drug-likeness (QED) is 0.312. The molecule has 102 valence electrons. The first-order valence-electron chi connectivity index (χ1n) is 5.53. The van der Waals surface area contributed by atoms with Crippen molar-refractivity contribution in [1.82, 2.24) is 5.32 Å². The predicted octanol–water partition coefficient (Wildman–Crippen LogP) is 0.307. The van der Waals surface area contributed by atoms with Gasteiger partial charge in [-0.3, -0.25) is 4.79 Å². The molecule has 0 bridgehead atoms. The molecule has 1 saturated carbocycles. The van der Waals surface area contributed by atoms with E-state index in [1.54, 1.807) is 0 Å². The van der Waals surface area contributed by atoms with Crippen LogP contribution in [0, 0.1) is 0 Å². The highest BCUT2D eigenvalue weighted by atomic mass is 32.2. The number of sulfone groups is 1. The van der Waals surface area contributed by atoms with Gasteiger partial charge in [0.1, 0.15) is 5.54 Å². The fourth-order valence-corrected chi connectivity index (χ4v) is 4.08. The number of rotatable bonds is 6. The maximum atomic E-state index is 11.7. The molecule has 8 nitrogen and oxygen atoms in total. The number of nitrogens with zero attached hydrogens (tertiary/aromatic N) is 3. The third-order valence-electron chi connectivity index (χ3n) is 3.20. The molecule has 1 aliphatic rings. The minimum absolute atomic E-state index is 0.0853. The van der Waals surface area contributed by atoms with Crippen LogP contribution < -0.4 is 5.32 Å². The van der Waals surface area contributed by atoms with Crippen molar-refractivity contribution in [3.05, 3.63) is 10.4 Å². The second kappa shape index (κ2) is 5.55. The van der Waals surface area contributed by atoms with Gasteiger partial charge in [0, 0.05) is 24.3 Å². The summed E-state index contributed by atoms with van der Waals surface area (Å²) in [7, 11) is -3.44. The molecule has 1 rings (SSSR count). The number of carbonyl (C=O) groups is 1. The van der Waals surface area contributed by atoms with Crippen LogP contribution in [0.4, 0.5) is 0 Å². The molecule has 9 heteroatoms. The molecule has 2 N–H and O–H groups in total. The van der Waals surface area contributed by atoms with Crippen LogP contribution in [0.1, 0.15) is 19.3 Å². The van der Waals surface area contributed by atoms with Crippen molar-refractivity contribution in [2.24, 2.45) is 5.11 Å². The normalized spacial score (nSPS) is 27.7. The number of azide groups is 1. The molecule has 1 fully saturated rings. The molecule has 0 saturated heterocycles. The Kier molecular flexibility index (Phi) is 4.55. The number of hydrogen-bond acceptors (Lipinski definition) is 5. The molecule has 18 heavy (non-hydrogen) atoms. The zero-order chi connectivity index (χ0) is 13.8. The molecule has 0 radical (unpaired) electrons. The van der Waals surface area contributed by atoms with E-state index in [0.29, 0.717) is 12.8 Å². The Morgan fingerprint density at radius 3 is 2.83 bits per heavy atom. The minimum Gasteiger partial charge on any atom is -0.480 e. The van der Waals surface area contributed by atoms with Gasteiger partial charge in [0.2, 0.25) is 0 Å². The van der Waals surface area contributed by atoms with E-state index in [9.17, 15) is 18.3 Å². The fraction of sp³-hybridized carbons (Fsp3) is 0.889. The molecule has 1 aliphatic carbocycles. The summed E-state index contributed by atoms with van der Waals surface area (Å²) in [5.74, 6) is -1.17. The lowest BCUT2D eigenvalue weighted by Crippen LogP contribution is -2.60. The molecule has 0 aliphatic heterocycles. The summed E-state index contributed by atoms with van der Waals surface area (Å²) in [6.07, 6.45) is 2.18.